The van der Waals surface area contributed by atoms with Crippen molar-refractivity contribution >= 4 is 40.5 Å². The third kappa shape index (κ3) is 2.34. The topological polar surface area (TPSA) is 43.1 Å². The van der Waals surface area contributed by atoms with E-state index in [1.165, 1.54) is 0 Å². The average Bonchev–Trinajstić information content (AvgIpc) is 2.07. The fraction of sp³-hybridized carbons (Fsp3) is 0.143. The van der Waals surface area contributed by atoms with Crippen molar-refractivity contribution in [2.24, 2.45) is 0 Å². The largest absolute Gasteiger partial charge is 0.424 e. The molecule has 0 atom stereocenters. The Morgan fingerprint density at radius 3 is 2.06 bits per heavy atom. The van der Waals surface area contributed by atoms with Crippen LogP contribution >= 0.6 is 34.8 Å². The van der Waals surface area contributed by atoms with Gasteiger partial charge >= 0.3 is 11.9 Å². The SMILES string of the molecule is O=[N+]([O-])c1c(Cl)c(Cl)cc(Cl)c1C(F)(F)F. The van der Waals surface area contributed by atoms with E-state index in [-0.39, 0.29) is 0 Å². The third-order valence-electron chi connectivity index (χ3n) is 1.61. The van der Waals surface area contributed by atoms with Crippen molar-refractivity contribution in [3.05, 3.63) is 36.8 Å². The molecule has 16 heavy (non-hydrogen) atoms. The van der Waals surface area contributed by atoms with Gasteiger partial charge in [0, 0.05) is 0 Å². The van der Waals surface area contributed by atoms with Crippen molar-refractivity contribution in [1.29, 1.82) is 0 Å². The molecule has 0 aliphatic carbocycles. The molecule has 1 aromatic rings. The van der Waals surface area contributed by atoms with Gasteiger partial charge in [0.1, 0.15) is 5.02 Å². The highest BCUT2D eigenvalue weighted by Gasteiger charge is 2.43. The van der Waals surface area contributed by atoms with Crippen molar-refractivity contribution < 1.29 is 18.1 Å². The van der Waals surface area contributed by atoms with Crippen LogP contribution in [0.15, 0.2) is 6.07 Å². The Morgan fingerprint density at radius 1 is 1.19 bits per heavy atom. The van der Waals surface area contributed by atoms with Gasteiger partial charge in [-0.3, -0.25) is 10.1 Å². The normalized spacial score (nSPS) is 11.6. The van der Waals surface area contributed by atoms with E-state index in [0.717, 1.165) is 0 Å². The van der Waals surface area contributed by atoms with Crippen LogP contribution in [0.3, 0.4) is 0 Å². The Morgan fingerprint density at radius 2 is 1.69 bits per heavy atom. The molecule has 0 aliphatic rings. The Kier molecular flexibility index (Phi) is 3.56. The molecule has 0 aromatic heterocycles. The minimum atomic E-state index is -4.98. The lowest BCUT2D eigenvalue weighted by atomic mass is 10.1. The number of nitrogens with zero attached hydrogens (tertiary/aromatic N) is 1. The molecule has 0 aliphatic heterocycles. The predicted octanol–water partition coefficient (Wildman–Crippen LogP) is 4.57. The van der Waals surface area contributed by atoms with Gasteiger partial charge in [0.2, 0.25) is 0 Å². The number of rotatable bonds is 1. The maximum atomic E-state index is 12.5. The Hall–Kier alpha value is -0.720. The summed E-state index contributed by atoms with van der Waals surface area (Å²) in [6.45, 7) is 0. The molecule has 0 spiro atoms. The lowest BCUT2D eigenvalue weighted by Crippen LogP contribution is -2.10. The van der Waals surface area contributed by atoms with Gasteiger partial charge in [-0.2, -0.15) is 13.2 Å². The Bertz CT molecular complexity index is 461. The van der Waals surface area contributed by atoms with Gasteiger partial charge in [-0.25, -0.2) is 0 Å². The van der Waals surface area contributed by atoms with Crippen LogP contribution in [0.5, 0.6) is 0 Å². The fourth-order valence-electron chi connectivity index (χ4n) is 1.02. The molecule has 0 N–H and O–H groups in total. The number of benzene rings is 1. The Balaban J connectivity index is 3.72. The van der Waals surface area contributed by atoms with Crippen LogP contribution in [0.4, 0.5) is 18.9 Å². The van der Waals surface area contributed by atoms with Crippen molar-refractivity contribution in [2.75, 3.05) is 0 Å². The van der Waals surface area contributed by atoms with Gasteiger partial charge in [-0.15, -0.1) is 0 Å². The fourth-order valence-corrected chi connectivity index (χ4v) is 1.80. The number of halogens is 6. The lowest BCUT2D eigenvalue weighted by molar-refractivity contribution is -0.387. The molecule has 88 valence electrons. The quantitative estimate of drug-likeness (QED) is 0.432. The molecular weight excluding hydrogens is 293 g/mol. The van der Waals surface area contributed by atoms with E-state index < -0.39 is 37.4 Å². The van der Waals surface area contributed by atoms with Gasteiger partial charge in [0.15, 0.2) is 5.56 Å². The number of nitro benzene ring substituents is 1. The van der Waals surface area contributed by atoms with E-state index in [4.69, 9.17) is 34.8 Å². The van der Waals surface area contributed by atoms with Crippen LogP contribution in [0.25, 0.3) is 0 Å². The Labute approximate surface area is 102 Å². The molecule has 0 heterocycles. The predicted molar refractivity (Wildman–Crippen MR) is 53.1 cm³/mol. The van der Waals surface area contributed by atoms with Crippen LogP contribution in [0.2, 0.25) is 15.1 Å². The van der Waals surface area contributed by atoms with Gasteiger partial charge in [0.05, 0.1) is 15.0 Å². The molecule has 0 unspecified atom stereocenters. The highest BCUT2D eigenvalue weighted by Crippen LogP contribution is 2.46. The van der Waals surface area contributed by atoms with Crippen molar-refractivity contribution in [2.45, 2.75) is 6.18 Å². The van der Waals surface area contributed by atoms with Crippen LogP contribution in [0, 0.1) is 10.1 Å². The first-order valence-electron chi connectivity index (χ1n) is 3.55. The first-order chi connectivity index (χ1) is 7.16. The highest BCUT2D eigenvalue weighted by atomic mass is 35.5. The average molecular weight is 294 g/mol. The summed E-state index contributed by atoms with van der Waals surface area (Å²) in [6, 6.07) is 0.710. The van der Waals surface area contributed by atoms with Crippen LogP contribution in [0.1, 0.15) is 5.56 Å². The van der Waals surface area contributed by atoms with Crippen LogP contribution in [-0.4, -0.2) is 4.92 Å². The summed E-state index contributed by atoms with van der Waals surface area (Å²) in [5, 5.41) is 8.43. The summed E-state index contributed by atoms with van der Waals surface area (Å²) >= 11 is 16.0. The van der Waals surface area contributed by atoms with E-state index in [2.05, 4.69) is 0 Å². The first-order valence-corrected chi connectivity index (χ1v) is 4.68. The zero-order valence-electron chi connectivity index (χ0n) is 7.11. The molecule has 0 saturated carbocycles. The summed E-state index contributed by atoms with van der Waals surface area (Å²) in [7, 11) is 0. The lowest BCUT2D eigenvalue weighted by Gasteiger charge is -2.11. The van der Waals surface area contributed by atoms with Crippen molar-refractivity contribution in [1.82, 2.24) is 0 Å². The summed E-state index contributed by atoms with van der Waals surface area (Å²) in [6.07, 6.45) is -4.98. The zero-order valence-corrected chi connectivity index (χ0v) is 9.38. The second-order valence-electron chi connectivity index (χ2n) is 2.63. The summed E-state index contributed by atoms with van der Waals surface area (Å²) in [4.78, 5) is 9.22. The van der Waals surface area contributed by atoms with Gasteiger partial charge in [0.25, 0.3) is 0 Å². The summed E-state index contributed by atoms with van der Waals surface area (Å²) in [5.41, 5.74) is -2.94. The maximum absolute atomic E-state index is 12.5. The monoisotopic (exact) mass is 293 g/mol. The van der Waals surface area contributed by atoms with E-state index in [0.29, 0.717) is 6.07 Å². The molecule has 0 bridgehead atoms. The molecule has 9 heteroatoms. The zero-order chi connectivity index (χ0) is 12.7. The van der Waals surface area contributed by atoms with Crippen molar-refractivity contribution in [3.8, 4) is 0 Å². The van der Waals surface area contributed by atoms with Crippen LogP contribution in [-0.2, 0) is 6.18 Å². The van der Waals surface area contributed by atoms with Gasteiger partial charge in [-0.1, -0.05) is 34.8 Å². The van der Waals surface area contributed by atoms with Crippen molar-refractivity contribution in [3.63, 3.8) is 0 Å². The number of nitro groups is 1. The molecule has 0 radical (unpaired) electrons. The highest BCUT2D eigenvalue weighted by molar-refractivity contribution is 6.45. The van der Waals surface area contributed by atoms with Gasteiger partial charge in [-0.05, 0) is 6.07 Å². The number of hydrogen-bond acceptors (Lipinski definition) is 2. The second-order valence-corrected chi connectivity index (χ2v) is 3.83. The van der Waals surface area contributed by atoms with E-state index in [1.54, 1.807) is 0 Å². The minimum absolute atomic E-state index is 0.411. The second kappa shape index (κ2) is 4.27. The van der Waals surface area contributed by atoms with Gasteiger partial charge < -0.3 is 0 Å². The summed E-state index contributed by atoms with van der Waals surface area (Å²) < 4.78 is 37.5. The van der Waals surface area contributed by atoms with E-state index >= 15 is 0 Å². The molecular formula is C7HCl3F3NO2. The maximum Gasteiger partial charge on any atom is 0.424 e. The van der Waals surface area contributed by atoms with Crippen LogP contribution < -0.4 is 0 Å². The summed E-state index contributed by atoms with van der Waals surface area (Å²) in [5.74, 6) is 0. The first kappa shape index (κ1) is 13.3. The molecule has 3 nitrogen and oxygen atoms in total. The number of hydrogen-bond donors (Lipinski definition) is 0. The molecule has 1 aromatic carbocycles. The molecule has 0 fully saturated rings. The molecule has 0 saturated heterocycles. The minimum Gasteiger partial charge on any atom is -0.258 e. The number of alkyl halides is 3. The smallest absolute Gasteiger partial charge is 0.258 e. The standard InChI is InChI=1S/C7HCl3F3NO2/c8-2-1-3(9)5(10)6(14(15)16)4(2)7(11,12)13/h1H. The molecule has 0 amide bonds. The molecule has 1 rings (SSSR count). The third-order valence-corrected chi connectivity index (χ3v) is 2.69. The van der Waals surface area contributed by atoms with E-state index in [9.17, 15) is 23.3 Å². The van der Waals surface area contributed by atoms with E-state index in [1.807, 2.05) is 0 Å².